The number of allylic oxidation sites excluding steroid dienone is 2. The Bertz CT molecular complexity index is 873. The van der Waals surface area contributed by atoms with Crippen molar-refractivity contribution in [2.45, 2.75) is 25.9 Å². The van der Waals surface area contributed by atoms with Gasteiger partial charge in [0.2, 0.25) is 0 Å². The number of esters is 1. The second-order valence-electron chi connectivity index (χ2n) is 7.41. The van der Waals surface area contributed by atoms with Crippen molar-refractivity contribution in [2.75, 3.05) is 20.8 Å². The molecule has 0 amide bonds. The van der Waals surface area contributed by atoms with E-state index in [1.54, 1.807) is 26.2 Å². The summed E-state index contributed by atoms with van der Waals surface area (Å²) in [6.45, 7) is 2.24. The minimum atomic E-state index is -0.932. The molecule has 5 heteroatoms. The predicted octanol–water partition coefficient (Wildman–Crippen LogP) is 4.41. The van der Waals surface area contributed by atoms with Crippen molar-refractivity contribution in [1.29, 1.82) is 0 Å². The number of methoxy groups -OCH3 is 2. The van der Waals surface area contributed by atoms with E-state index in [4.69, 9.17) is 14.2 Å². The van der Waals surface area contributed by atoms with Gasteiger partial charge in [-0.05, 0) is 60.7 Å². The number of hydrogen-bond donors (Lipinski definition) is 1. The molecule has 0 saturated heterocycles. The second-order valence-corrected chi connectivity index (χ2v) is 7.41. The van der Waals surface area contributed by atoms with Gasteiger partial charge < -0.3 is 19.3 Å². The molecule has 0 spiro atoms. The molecule has 0 aliphatic heterocycles. The summed E-state index contributed by atoms with van der Waals surface area (Å²) in [4.78, 5) is 11.7. The monoisotopic (exact) mass is 396 g/mol. The molecule has 5 nitrogen and oxygen atoms in total. The van der Waals surface area contributed by atoms with Crippen molar-refractivity contribution >= 4 is 11.5 Å². The van der Waals surface area contributed by atoms with Crippen LogP contribution < -0.4 is 9.47 Å². The lowest BCUT2D eigenvalue weighted by Gasteiger charge is -2.18. The van der Waals surface area contributed by atoms with Gasteiger partial charge in [-0.3, -0.25) is 4.79 Å². The van der Waals surface area contributed by atoms with Gasteiger partial charge in [0.05, 0.1) is 32.8 Å². The molecule has 1 unspecified atom stereocenters. The lowest BCUT2D eigenvalue weighted by molar-refractivity contribution is -0.148. The van der Waals surface area contributed by atoms with Crippen LogP contribution in [-0.2, 0) is 9.53 Å². The molecule has 0 aromatic heterocycles. The Morgan fingerprint density at radius 2 is 1.90 bits per heavy atom. The summed E-state index contributed by atoms with van der Waals surface area (Å²) >= 11 is 0. The normalized spacial score (nSPS) is 17.9. The molecular formula is C24H28O5. The SMILES string of the molecule is COC(=O)[C@@H](C)[C@@H](O)c1cccc(OCC2CC=C(c3cccc(OC)c3)C2)c1. The molecule has 1 aliphatic carbocycles. The van der Waals surface area contributed by atoms with Crippen molar-refractivity contribution in [3.8, 4) is 11.5 Å². The standard InChI is InChI=1S/C24H28O5/c1-16(24(26)28-3)23(25)20-7-5-9-22(14-20)29-15-17-10-11-19(12-17)18-6-4-8-21(13-18)27-2/h4-9,11,13-14,16-17,23,25H,10,12,15H2,1-3H3/t16-,17?,23+/m0/s1. The Balaban J connectivity index is 1.57. The average Bonchev–Trinajstić information content (AvgIpc) is 3.25. The highest BCUT2D eigenvalue weighted by Crippen LogP contribution is 2.34. The van der Waals surface area contributed by atoms with Crippen LogP contribution in [-0.4, -0.2) is 31.9 Å². The summed E-state index contributed by atoms with van der Waals surface area (Å²) in [7, 11) is 3.00. The van der Waals surface area contributed by atoms with Crippen LogP contribution in [0.2, 0.25) is 0 Å². The lowest BCUT2D eigenvalue weighted by Crippen LogP contribution is -2.20. The van der Waals surface area contributed by atoms with E-state index < -0.39 is 18.0 Å². The second kappa shape index (κ2) is 9.61. The number of carbonyl (C=O) groups excluding carboxylic acids is 1. The van der Waals surface area contributed by atoms with Gasteiger partial charge in [-0.2, -0.15) is 0 Å². The van der Waals surface area contributed by atoms with Gasteiger partial charge in [0, 0.05) is 5.92 Å². The first-order chi connectivity index (χ1) is 14.0. The maximum absolute atomic E-state index is 11.7. The third-order valence-corrected chi connectivity index (χ3v) is 5.38. The molecule has 0 heterocycles. The van der Waals surface area contributed by atoms with E-state index in [1.165, 1.54) is 18.2 Å². The fourth-order valence-electron chi connectivity index (χ4n) is 3.58. The molecule has 0 bridgehead atoms. The van der Waals surface area contributed by atoms with E-state index in [1.807, 2.05) is 24.3 Å². The van der Waals surface area contributed by atoms with E-state index in [0.29, 0.717) is 23.8 Å². The number of aliphatic hydroxyl groups is 1. The van der Waals surface area contributed by atoms with Gasteiger partial charge in [0.15, 0.2) is 0 Å². The number of rotatable bonds is 8. The molecule has 0 radical (unpaired) electrons. The zero-order chi connectivity index (χ0) is 20.8. The van der Waals surface area contributed by atoms with E-state index in [2.05, 4.69) is 18.2 Å². The Hall–Kier alpha value is -2.79. The smallest absolute Gasteiger partial charge is 0.311 e. The maximum Gasteiger partial charge on any atom is 0.311 e. The molecule has 29 heavy (non-hydrogen) atoms. The largest absolute Gasteiger partial charge is 0.497 e. The minimum Gasteiger partial charge on any atom is -0.497 e. The van der Waals surface area contributed by atoms with Crippen molar-refractivity contribution in [1.82, 2.24) is 0 Å². The summed E-state index contributed by atoms with van der Waals surface area (Å²) < 4.78 is 16.0. The number of ether oxygens (including phenoxy) is 3. The van der Waals surface area contributed by atoms with Crippen LogP contribution >= 0.6 is 0 Å². The van der Waals surface area contributed by atoms with Gasteiger partial charge in [-0.1, -0.05) is 30.3 Å². The summed E-state index contributed by atoms with van der Waals surface area (Å²) in [6.07, 6.45) is 3.25. The minimum absolute atomic E-state index is 0.402. The fraction of sp³-hybridized carbons (Fsp3) is 0.375. The molecule has 154 valence electrons. The van der Waals surface area contributed by atoms with Crippen LogP contribution in [0.25, 0.3) is 5.57 Å². The Kier molecular flexibility index (Phi) is 6.94. The molecular weight excluding hydrogens is 368 g/mol. The van der Waals surface area contributed by atoms with Crippen LogP contribution in [0.15, 0.2) is 54.6 Å². The van der Waals surface area contributed by atoms with Crippen LogP contribution in [0.4, 0.5) is 0 Å². The van der Waals surface area contributed by atoms with Gasteiger partial charge >= 0.3 is 5.97 Å². The topological polar surface area (TPSA) is 65.0 Å². The first kappa shape index (κ1) is 20.9. The fourth-order valence-corrected chi connectivity index (χ4v) is 3.58. The van der Waals surface area contributed by atoms with E-state index in [-0.39, 0.29) is 0 Å². The average molecular weight is 396 g/mol. The van der Waals surface area contributed by atoms with Gasteiger partial charge in [-0.25, -0.2) is 0 Å². The van der Waals surface area contributed by atoms with Crippen molar-refractivity contribution in [3.05, 3.63) is 65.7 Å². The maximum atomic E-state index is 11.7. The van der Waals surface area contributed by atoms with Crippen molar-refractivity contribution < 1.29 is 24.1 Å². The quantitative estimate of drug-likeness (QED) is 0.670. The van der Waals surface area contributed by atoms with Crippen molar-refractivity contribution in [2.24, 2.45) is 11.8 Å². The van der Waals surface area contributed by atoms with Crippen molar-refractivity contribution in [3.63, 3.8) is 0 Å². The Morgan fingerprint density at radius 1 is 1.14 bits per heavy atom. The summed E-state index contributed by atoms with van der Waals surface area (Å²) in [5.41, 5.74) is 3.14. The molecule has 1 aliphatic rings. The van der Waals surface area contributed by atoms with Gasteiger partial charge in [0.25, 0.3) is 0 Å². The first-order valence-electron chi connectivity index (χ1n) is 9.84. The zero-order valence-corrected chi connectivity index (χ0v) is 17.1. The number of carbonyl (C=O) groups is 1. The highest BCUT2D eigenvalue weighted by atomic mass is 16.5. The molecule has 0 saturated carbocycles. The third kappa shape index (κ3) is 5.18. The highest BCUT2D eigenvalue weighted by Gasteiger charge is 2.25. The molecule has 3 rings (SSSR count). The van der Waals surface area contributed by atoms with E-state index in [9.17, 15) is 9.90 Å². The molecule has 2 aromatic carbocycles. The predicted molar refractivity (Wildman–Crippen MR) is 112 cm³/mol. The van der Waals surface area contributed by atoms with Crippen LogP contribution in [0, 0.1) is 11.8 Å². The van der Waals surface area contributed by atoms with Crippen LogP contribution in [0.1, 0.15) is 37.0 Å². The molecule has 2 aromatic rings. The summed E-state index contributed by atoms with van der Waals surface area (Å²) in [6, 6.07) is 15.4. The zero-order valence-electron chi connectivity index (χ0n) is 17.1. The molecule has 3 atom stereocenters. The number of benzene rings is 2. The van der Waals surface area contributed by atoms with Crippen LogP contribution in [0.5, 0.6) is 11.5 Å². The number of hydrogen-bond acceptors (Lipinski definition) is 5. The van der Waals surface area contributed by atoms with Gasteiger partial charge in [0.1, 0.15) is 11.5 Å². The van der Waals surface area contributed by atoms with Crippen LogP contribution in [0.3, 0.4) is 0 Å². The third-order valence-electron chi connectivity index (χ3n) is 5.38. The summed E-state index contributed by atoms with van der Waals surface area (Å²) in [5.74, 6) is 0.873. The first-order valence-corrected chi connectivity index (χ1v) is 9.84. The summed E-state index contributed by atoms with van der Waals surface area (Å²) in [5, 5.41) is 10.4. The number of aliphatic hydroxyl groups excluding tert-OH is 1. The lowest BCUT2D eigenvalue weighted by atomic mass is 9.97. The molecule has 1 N–H and O–H groups in total. The molecule has 0 fully saturated rings. The van der Waals surface area contributed by atoms with Gasteiger partial charge in [-0.15, -0.1) is 0 Å². The van der Waals surface area contributed by atoms with E-state index in [0.717, 1.165) is 18.6 Å². The Labute approximate surface area is 171 Å². The van der Waals surface area contributed by atoms with E-state index >= 15 is 0 Å². The highest BCUT2D eigenvalue weighted by molar-refractivity contribution is 5.72. The Morgan fingerprint density at radius 3 is 2.66 bits per heavy atom.